The molecule has 2 aromatic carbocycles. The van der Waals surface area contributed by atoms with E-state index in [4.69, 9.17) is 9.15 Å². The molecule has 9 nitrogen and oxygen atoms in total. The smallest absolute Gasteiger partial charge is 0.267 e. The molecule has 0 bridgehead atoms. The van der Waals surface area contributed by atoms with E-state index in [9.17, 15) is 14.0 Å². The SMILES string of the molecule is O=C(COc1ccccc1/C=C1\S/C(=N\N=C\c2cccnc2)N(Cc2ccco2)C1=O)Nc1ccc(F)cc1. The average molecular weight is 556 g/mol. The van der Waals surface area contributed by atoms with Crippen LogP contribution in [0.3, 0.4) is 0 Å². The van der Waals surface area contributed by atoms with Crippen molar-refractivity contribution in [1.82, 2.24) is 9.88 Å². The Labute approximate surface area is 233 Å². The number of nitrogens with zero attached hydrogens (tertiary/aromatic N) is 4. The van der Waals surface area contributed by atoms with Crippen LogP contribution in [0.15, 0.2) is 111 Å². The second-order valence-corrected chi connectivity index (χ2v) is 9.39. The quantitative estimate of drug-likeness (QED) is 0.170. The maximum absolute atomic E-state index is 13.4. The van der Waals surface area contributed by atoms with E-state index in [0.29, 0.717) is 32.8 Å². The minimum absolute atomic E-state index is 0.180. The van der Waals surface area contributed by atoms with Gasteiger partial charge in [0.1, 0.15) is 17.3 Å². The Hall–Kier alpha value is -5.03. The molecule has 2 aromatic heterocycles. The molecule has 1 N–H and O–H groups in total. The van der Waals surface area contributed by atoms with Gasteiger partial charge in [-0.25, -0.2) is 4.39 Å². The van der Waals surface area contributed by atoms with Crippen LogP contribution in [0.1, 0.15) is 16.9 Å². The number of ether oxygens (including phenoxy) is 1. The van der Waals surface area contributed by atoms with Crippen LogP contribution in [0, 0.1) is 5.82 Å². The summed E-state index contributed by atoms with van der Waals surface area (Å²) in [6, 6.07) is 19.6. The van der Waals surface area contributed by atoms with Crippen LogP contribution in [-0.2, 0) is 16.1 Å². The van der Waals surface area contributed by atoms with E-state index in [2.05, 4.69) is 20.5 Å². The number of benzene rings is 2. The van der Waals surface area contributed by atoms with Crippen molar-refractivity contribution in [2.24, 2.45) is 10.2 Å². The molecule has 1 aliphatic heterocycles. The molecule has 0 aliphatic carbocycles. The summed E-state index contributed by atoms with van der Waals surface area (Å²) in [5.74, 6) is -0.0801. The van der Waals surface area contributed by atoms with Gasteiger partial charge in [-0.05, 0) is 66.4 Å². The third kappa shape index (κ3) is 6.88. The molecule has 0 radical (unpaired) electrons. The van der Waals surface area contributed by atoms with Gasteiger partial charge < -0.3 is 14.5 Å². The number of thioether (sulfide) groups is 1. The molecular weight excluding hydrogens is 533 g/mol. The molecule has 11 heteroatoms. The fourth-order valence-corrected chi connectivity index (χ4v) is 4.55. The number of pyridine rings is 1. The maximum atomic E-state index is 13.4. The van der Waals surface area contributed by atoms with Crippen LogP contribution < -0.4 is 10.1 Å². The lowest BCUT2D eigenvalue weighted by atomic mass is 10.2. The highest BCUT2D eigenvalue weighted by Gasteiger charge is 2.34. The van der Waals surface area contributed by atoms with E-state index in [1.165, 1.54) is 47.2 Å². The van der Waals surface area contributed by atoms with Crippen molar-refractivity contribution in [1.29, 1.82) is 0 Å². The molecule has 200 valence electrons. The minimum Gasteiger partial charge on any atom is -0.483 e. The van der Waals surface area contributed by atoms with Crippen LogP contribution >= 0.6 is 11.8 Å². The fourth-order valence-electron chi connectivity index (χ4n) is 3.62. The normalized spacial score (nSPS) is 15.3. The van der Waals surface area contributed by atoms with Gasteiger partial charge in [0.05, 0.1) is 23.9 Å². The second kappa shape index (κ2) is 12.7. The van der Waals surface area contributed by atoms with Crippen molar-refractivity contribution < 1.29 is 23.1 Å². The first-order chi connectivity index (χ1) is 19.5. The standard InChI is InChI=1S/C29H22FN5O4S/c30-22-9-11-23(12-10-22)33-27(36)19-39-25-8-2-1-6-21(25)15-26-28(37)35(18-24-7-4-14-38-24)29(40-26)34-32-17-20-5-3-13-31-16-20/h1-17H,18-19H2,(H,33,36)/b26-15-,32-17+,34-29-. The van der Waals surface area contributed by atoms with E-state index in [1.807, 2.05) is 6.07 Å². The Morgan fingerprint density at radius 1 is 1.10 bits per heavy atom. The Morgan fingerprint density at radius 3 is 2.73 bits per heavy atom. The Morgan fingerprint density at radius 2 is 1.95 bits per heavy atom. The summed E-state index contributed by atoms with van der Waals surface area (Å²) in [6.07, 6.45) is 8.09. The Balaban J connectivity index is 1.33. The van der Waals surface area contributed by atoms with Gasteiger partial charge >= 0.3 is 0 Å². The van der Waals surface area contributed by atoms with Gasteiger partial charge in [-0.15, -0.1) is 5.10 Å². The molecule has 1 aliphatic rings. The molecule has 3 heterocycles. The highest BCUT2D eigenvalue weighted by atomic mass is 32.2. The third-order valence-electron chi connectivity index (χ3n) is 5.51. The van der Waals surface area contributed by atoms with E-state index < -0.39 is 11.7 Å². The van der Waals surface area contributed by atoms with Crippen molar-refractivity contribution in [2.45, 2.75) is 6.54 Å². The zero-order valence-electron chi connectivity index (χ0n) is 20.9. The van der Waals surface area contributed by atoms with Gasteiger partial charge in [0.2, 0.25) is 0 Å². The first-order valence-electron chi connectivity index (χ1n) is 12.1. The Bertz CT molecular complexity index is 1570. The molecular formula is C29H22FN5O4S. The summed E-state index contributed by atoms with van der Waals surface area (Å²) in [5.41, 5.74) is 1.82. The number of nitrogens with one attached hydrogen (secondary N) is 1. The number of rotatable bonds is 9. The molecule has 2 amide bonds. The molecule has 0 saturated carbocycles. The van der Waals surface area contributed by atoms with Gasteiger partial charge in [-0.1, -0.05) is 24.3 Å². The summed E-state index contributed by atoms with van der Waals surface area (Å²) >= 11 is 1.17. The number of para-hydroxylation sites is 1. The van der Waals surface area contributed by atoms with Gasteiger partial charge in [-0.3, -0.25) is 19.5 Å². The summed E-state index contributed by atoms with van der Waals surface area (Å²) in [6.45, 7) is -0.0990. The number of halogens is 1. The van der Waals surface area contributed by atoms with E-state index in [0.717, 1.165) is 5.56 Å². The van der Waals surface area contributed by atoms with Crippen molar-refractivity contribution in [3.8, 4) is 5.75 Å². The molecule has 1 fully saturated rings. The summed E-state index contributed by atoms with van der Waals surface area (Å²) in [4.78, 5) is 31.7. The number of anilines is 1. The van der Waals surface area contributed by atoms with Crippen molar-refractivity contribution in [3.05, 3.63) is 119 Å². The zero-order valence-corrected chi connectivity index (χ0v) is 21.8. The molecule has 40 heavy (non-hydrogen) atoms. The lowest BCUT2D eigenvalue weighted by molar-refractivity contribution is -0.122. The first kappa shape index (κ1) is 26.6. The molecule has 0 unspecified atom stereocenters. The van der Waals surface area contributed by atoms with Gasteiger partial charge in [0.25, 0.3) is 11.8 Å². The van der Waals surface area contributed by atoms with E-state index in [-0.39, 0.29) is 19.1 Å². The van der Waals surface area contributed by atoms with Crippen LogP contribution in [0.5, 0.6) is 5.75 Å². The van der Waals surface area contributed by atoms with Crippen LogP contribution in [0.2, 0.25) is 0 Å². The molecule has 1 saturated heterocycles. The van der Waals surface area contributed by atoms with Gasteiger partial charge in [0, 0.05) is 29.2 Å². The summed E-state index contributed by atoms with van der Waals surface area (Å²) in [7, 11) is 0. The predicted octanol–water partition coefficient (Wildman–Crippen LogP) is 5.34. The number of amides is 2. The van der Waals surface area contributed by atoms with Crippen molar-refractivity contribution in [3.63, 3.8) is 0 Å². The van der Waals surface area contributed by atoms with E-state index in [1.54, 1.807) is 67.1 Å². The predicted molar refractivity (Wildman–Crippen MR) is 151 cm³/mol. The lowest BCUT2D eigenvalue weighted by Gasteiger charge is -2.12. The first-order valence-corrected chi connectivity index (χ1v) is 12.9. The number of hydrogen-bond acceptors (Lipinski definition) is 8. The molecule has 4 aromatic rings. The van der Waals surface area contributed by atoms with Gasteiger partial charge in [0.15, 0.2) is 11.8 Å². The second-order valence-electron chi connectivity index (χ2n) is 8.38. The lowest BCUT2D eigenvalue weighted by Crippen LogP contribution is -2.28. The monoisotopic (exact) mass is 555 g/mol. The number of carbonyl (C=O) groups is 2. The fraction of sp³-hybridized carbons (Fsp3) is 0.0690. The maximum Gasteiger partial charge on any atom is 0.267 e. The summed E-state index contributed by atoms with van der Waals surface area (Å²) < 4.78 is 24.3. The number of aromatic nitrogens is 1. The Kier molecular flexibility index (Phi) is 8.42. The van der Waals surface area contributed by atoms with Crippen LogP contribution in [-0.4, -0.2) is 39.7 Å². The topological polar surface area (TPSA) is 109 Å². The molecule has 5 rings (SSSR count). The van der Waals surface area contributed by atoms with Crippen LogP contribution in [0.25, 0.3) is 6.08 Å². The minimum atomic E-state index is -0.411. The number of carbonyl (C=O) groups excluding carboxylic acids is 2. The summed E-state index contributed by atoms with van der Waals surface area (Å²) in [5, 5.41) is 11.5. The highest BCUT2D eigenvalue weighted by molar-refractivity contribution is 8.18. The number of hydrogen-bond donors (Lipinski definition) is 1. The molecule has 0 atom stereocenters. The zero-order chi connectivity index (χ0) is 27.7. The number of furan rings is 1. The largest absolute Gasteiger partial charge is 0.483 e. The van der Waals surface area contributed by atoms with Crippen LogP contribution in [0.4, 0.5) is 10.1 Å². The highest BCUT2D eigenvalue weighted by Crippen LogP contribution is 2.35. The third-order valence-corrected chi connectivity index (χ3v) is 6.51. The average Bonchev–Trinajstić information content (AvgIpc) is 3.59. The molecule has 0 spiro atoms. The van der Waals surface area contributed by atoms with Gasteiger partial charge in [-0.2, -0.15) is 5.10 Å². The van der Waals surface area contributed by atoms with E-state index >= 15 is 0 Å². The van der Waals surface area contributed by atoms with Crippen molar-refractivity contribution >= 4 is 46.7 Å². The number of amidine groups is 1. The van der Waals surface area contributed by atoms with Crippen molar-refractivity contribution in [2.75, 3.05) is 11.9 Å².